The summed E-state index contributed by atoms with van der Waals surface area (Å²) in [6.45, 7) is 1.49. The van der Waals surface area contributed by atoms with Gasteiger partial charge in [0.25, 0.3) is 0 Å². The average Bonchev–Trinajstić information content (AvgIpc) is 2.84. The van der Waals surface area contributed by atoms with Gasteiger partial charge in [-0.3, -0.25) is 0 Å². The molecule has 18 heavy (non-hydrogen) atoms. The molecule has 0 aliphatic carbocycles. The van der Waals surface area contributed by atoms with Gasteiger partial charge in [-0.25, -0.2) is 19.2 Å². The van der Waals surface area contributed by atoms with E-state index in [2.05, 4.69) is 15.3 Å². The Kier molecular flexibility index (Phi) is 3.52. The summed E-state index contributed by atoms with van der Waals surface area (Å²) in [5.74, 6) is -1.84. The maximum atomic E-state index is 13.7. The molecule has 0 saturated carbocycles. The molecule has 5 nitrogen and oxygen atoms in total. The van der Waals surface area contributed by atoms with Gasteiger partial charge < -0.3 is 10.4 Å². The SMILES string of the molecule is Cc1ncnc(NC(C(=O)O)c2cccs2)c1F. The monoisotopic (exact) mass is 267 g/mol. The van der Waals surface area contributed by atoms with Gasteiger partial charge in [0.05, 0.1) is 5.69 Å². The Hall–Kier alpha value is -2.02. The summed E-state index contributed by atoms with van der Waals surface area (Å²) >= 11 is 1.28. The molecule has 0 bridgehead atoms. The molecule has 0 aliphatic rings. The molecule has 0 saturated heterocycles. The minimum absolute atomic E-state index is 0.108. The van der Waals surface area contributed by atoms with E-state index in [1.807, 2.05) is 0 Å². The predicted molar refractivity (Wildman–Crippen MR) is 65.0 cm³/mol. The van der Waals surface area contributed by atoms with Crippen LogP contribution >= 0.6 is 11.3 Å². The largest absolute Gasteiger partial charge is 0.479 e. The molecule has 0 spiro atoms. The number of carboxylic acids is 1. The van der Waals surface area contributed by atoms with Crippen LogP contribution < -0.4 is 5.32 Å². The molecule has 2 heterocycles. The van der Waals surface area contributed by atoms with Crippen LogP contribution in [0.1, 0.15) is 16.6 Å². The summed E-state index contributed by atoms with van der Waals surface area (Å²) in [6, 6.07) is 2.38. The van der Waals surface area contributed by atoms with Crippen LogP contribution in [0.4, 0.5) is 10.2 Å². The number of aliphatic carboxylic acids is 1. The van der Waals surface area contributed by atoms with Crippen molar-refractivity contribution < 1.29 is 14.3 Å². The molecule has 0 radical (unpaired) electrons. The molecule has 7 heteroatoms. The van der Waals surface area contributed by atoms with Gasteiger partial charge >= 0.3 is 5.97 Å². The third-order valence-electron chi connectivity index (χ3n) is 2.32. The second-order valence-corrected chi connectivity index (χ2v) is 4.53. The maximum absolute atomic E-state index is 13.7. The van der Waals surface area contributed by atoms with Crippen molar-refractivity contribution in [2.24, 2.45) is 0 Å². The van der Waals surface area contributed by atoms with Crippen molar-refractivity contribution >= 4 is 23.1 Å². The summed E-state index contributed by atoms with van der Waals surface area (Å²) in [6.07, 6.45) is 1.19. The predicted octanol–water partition coefficient (Wildman–Crippen LogP) is 2.22. The second-order valence-electron chi connectivity index (χ2n) is 3.55. The summed E-state index contributed by atoms with van der Waals surface area (Å²) in [7, 11) is 0. The smallest absolute Gasteiger partial charge is 0.331 e. The number of hydrogen-bond donors (Lipinski definition) is 2. The Labute approximate surface area is 106 Å². The van der Waals surface area contributed by atoms with Crippen molar-refractivity contribution in [2.45, 2.75) is 13.0 Å². The highest BCUT2D eigenvalue weighted by atomic mass is 32.1. The Morgan fingerprint density at radius 1 is 1.56 bits per heavy atom. The van der Waals surface area contributed by atoms with Gasteiger partial charge in [-0.2, -0.15) is 0 Å². The van der Waals surface area contributed by atoms with Gasteiger partial charge in [-0.1, -0.05) is 6.07 Å². The van der Waals surface area contributed by atoms with Gasteiger partial charge in [-0.15, -0.1) is 11.3 Å². The fraction of sp³-hybridized carbons (Fsp3) is 0.182. The van der Waals surface area contributed by atoms with Gasteiger partial charge in [0.15, 0.2) is 17.7 Å². The number of aryl methyl sites for hydroxylation is 1. The van der Waals surface area contributed by atoms with Crippen LogP contribution in [0.2, 0.25) is 0 Å². The first-order valence-electron chi connectivity index (χ1n) is 5.09. The first kappa shape index (κ1) is 12.4. The van der Waals surface area contributed by atoms with Gasteiger partial charge in [0, 0.05) is 4.88 Å². The molecule has 2 rings (SSSR count). The van der Waals surface area contributed by atoms with E-state index in [1.54, 1.807) is 17.5 Å². The second kappa shape index (κ2) is 5.09. The lowest BCUT2D eigenvalue weighted by Gasteiger charge is -2.14. The molecule has 1 atom stereocenters. The molecule has 94 valence electrons. The number of hydrogen-bond acceptors (Lipinski definition) is 5. The molecule has 2 aromatic rings. The lowest BCUT2D eigenvalue weighted by molar-refractivity contribution is -0.138. The number of rotatable bonds is 4. The Morgan fingerprint density at radius 3 is 2.94 bits per heavy atom. The molecular weight excluding hydrogens is 257 g/mol. The Morgan fingerprint density at radius 2 is 2.33 bits per heavy atom. The van der Waals surface area contributed by atoms with E-state index in [9.17, 15) is 9.18 Å². The third-order valence-corrected chi connectivity index (χ3v) is 3.26. The fourth-order valence-corrected chi connectivity index (χ4v) is 2.17. The number of halogens is 1. The van der Waals surface area contributed by atoms with E-state index in [-0.39, 0.29) is 11.5 Å². The summed E-state index contributed by atoms with van der Waals surface area (Å²) in [5, 5.41) is 13.5. The van der Waals surface area contributed by atoms with Crippen LogP contribution in [0, 0.1) is 12.7 Å². The normalized spacial score (nSPS) is 12.1. The topological polar surface area (TPSA) is 75.1 Å². The average molecular weight is 267 g/mol. The van der Waals surface area contributed by atoms with E-state index in [4.69, 9.17) is 5.11 Å². The van der Waals surface area contributed by atoms with Crippen LogP contribution in [0.3, 0.4) is 0 Å². The van der Waals surface area contributed by atoms with Crippen LogP contribution in [-0.4, -0.2) is 21.0 Å². The van der Waals surface area contributed by atoms with Crippen LogP contribution in [0.5, 0.6) is 0 Å². The molecule has 2 aromatic heterocycles. The summed E-state index contributed by atoms with van der Waals surface area (Å²) < 4.78 is 13.7. The molecule has 0 aromatic carbocycles. The molecule has 1 unspecified atom stereocenters. The zero-order valence-electron chi connectivity index (χ0n) is 9.42. The van der Waals surface area contributed by atoms with Crippen molar-refractivity contribution in [1.29, 1.82) is 0 Å². The van der Waals surface area contributed by atoms with E-state index >= 15 is 0 Å². The van der Waals surface area contributed by atoms with Crippen LogP contribution in [0.15, 0.2) is 23.8 Å². The van der Waals surface area contributed by atoms with Crippen molar-refractivity contribution in [3.8, 4) is 0 Å². The van der Waals surface area contributed by atoms with Crippen LogP contribution in [0.25, 0.3) is 0 Å². The van der Waals surface area contributed by atoms with E-state index < -0.39 is 17.8 Å². The van der Waals surface area contributed by atoms with Crippen molar-refractivity contribution in [3.63, 3.8) is 0 Å². The number of nitrogens with zero attached hydrogens (tertiary/aromatic N) is 2. The zero-order chi connectivity index (χ0) is 13.1. The lowest BCUT2D eigenvalue weighted by Crippen LogP contribution is -2.21. The number of carboxylic acid groups (broad SMARTS) is 1. The molecular formula is C11H10FN3O2S. The van der Waals surface area contributed by atoms with E-state index in [0.29, 0.717) is 4.88 Å². The number of carbonyl (C=O) groups is 1. The highest BCUT2D eigenvalue weighted by Crippen LogP contribution is 2.24. The quantitative estimate of drug-likeness (QED) is 0.888. The highest BCUT2D eigenvalue weighted by molar-refractivity contribution is 7.10. The first-order chi connectivity index (χ1) is 8.59. The van der Waals surface area contributed by atoms with Crippen molar-refractivity contribution in [2.75, 3.05) is 5.32 Å². The number of aromatic nitrogens is 2. The third kappa shape index (κ3) is 2.45. The summed E-state index contributed by atoms with van der Waals surface area (Å²) in [5.41, 5.74) is 0.169. The lowest BCUT2D eigenvalue weighted by atomic mass is 10.2. The van der Waals surface area contributed by atoms with E-state index in [0.717, 1.165) is 0 Å². The molecule has 2 N–H and O–H groups in total. The van der Waals surface area contributed by atoms with Crippen LogP contribution in [-0.2, 0) is 4.79 Å². The standard InChI is InChI=1S/C11H10FN3O2S/c1-6-8(12)10(14-5-13-6)15-9(11(16)17)7-3-2-4-18-7/h2-5,9H,1H3,(H,16,17)(H,13,14,15). The molecule has 0 amide bonds. The van der Waals surface area contributed by atoms with E-state index in [1.165, 1.54) is 24.6 Å². The maximum Gasteiger partial charge on any atom is 0.331 e. The fourth-order valence-electron chi connectivity index (χ4n) is 1.41. The summed E-state index contributed by atoms with van der Waals surface area (Å²) in [4.78, 5) is 19.2. The number of thiophene rings is 1. The Bertz CT molecular complexity index is 559. The van der Waals surface area contributed by atoms with Crippen molar-refractivity contribution in [1.82, 2.24) is 9.97 Å². The van der Waals surface area contributed by atoms with Gasteiger partial charge in [0.1, 0.15) is 6.33 Å². The molecule has 0 aliphatic heterocycles. The Balaban J connectivity index is 2.30. The number of anilines is 1. The minimum Gasteiger partial charge on any atom is -0.479 e. The first-order valence-corrected chi connectivity index (χ1v) is 5.97. The number of nitrogens with one attached hydrogen (secondary N) is 1. The minimum atomic E-state index is -1.09. The highest BCUT2D eigenvalue weighted by Gasteiger charge is 2.23. The zero-order valence-corrected chi connectivity index (χ0v) is 10.2. The van der Waals surface area contributed by atoms with Crippen molar-refractivity contribution in [3.05, 3.63) is 40.2 Å². The van der Waals surface area contributed by atoms with Gasteiger partial charge in [-0.05, 0) is 18.4 Å². The molecule has 0 fully saturated rings. The van der Waals surface area contributed by atoms with Gasteiger partial charge in [0.2, 0.25) is 0 Å².